The Balaban J connectivity index is 1.39. The fourth-order valence-corrected chi connectivity index (χ4v) is 4.64. The van der Waals surface area contributed by atoms with Gasteiger partial charge in [0, 0.05) is 49.0 Å². The van der Waals surface area contributed by atoms with E-state index in [0.29, 0.717) is 5.82 Å². The number of hydrogen-bond acceptors (Lipinski definition) is 8. The van der Waals surface area contributed by atoms with Crippen molar-refractivity contribution in [2.75, 3.05) is 36.0 Å². The zero-order chi connectivity index (χ0) is 20.5. The molecule has 0 atom stereocenters. The number of rotatable bonds is 4. The Bertz CT molecular complexity index is 1170. The van der Waals surface area contributed by atoms with Crippen LogP contribution < -0.4 is 9.80 Å². The van der Waals surface area contributed by atoms with Crippen molar-refractivity contribution in [2.45, 2.75) is 20.3 Å². The van der Waals surface area contributed by atoms with E-state index >= 15 is 0 Å². The summed E-state index contributed by atoms with van der Waals surface area (Å²) in [6, 6.07) is 10.1. The summed E-state index contributed by atoms with van der Waals surface area (Å²) in [7, 11) is 0. The van der Waals surface area contributed by atoms with Gasteiger partial charge in [0.15, 0.2) is 5.82 Å². The van der Waals surface area contributed by atoms with Gasteiger partial charge in [-0.3, -0.25) is 4.98 Å². The molecule has 0 aromatic carbocycles. The first-order valence-electron chi connectivity index (χ1n) is 10.2. The van der Waals surface area contributed by atoms with Crippen molar-refractivity contribution in [1.29, 1.82) is 0 Å². The van der Waals surface area contributed by atoms with Gasteiger partial charge in [0.25, 0.3) is 0 Å². The highest BCUT2D eigenvalue weighted by Crippen LogP contribution is 2.30. The Morgan fingerprint density at radius 2 is 1.80 bits per heavy atom. The van der Waals surface area contributed by atoms with Crippen LogP contribution in [0, 0.1) is 6.92 Å². The first-order valence-corrected chi connectivity index (χ1v) is 11.0. The minimum absolute atomic E-state index is 0.693. The monoisotopic (exact) mass is 417 g/mol. The molecular weight excluding hydrogens is 394 g/mol. The van der Waals surface area contributed by atoms with Crippen LogP contribution in [0.25, 0.3) is 21.7 Å². The molecule has 0 amide bonds. The van der Waals surface area contributed by atoms with Gasteiger partial charge in [-0.2, -0.15) is 0 Å². The van der Waals surface area contributed by atoms with Crippen molar-refractivity contribution < 1.29 is 0 Å². The van der Waals surface area contributed by atoms with Crippen molar-refractivity contribution in [3.63, 3.8) is 0 Å². The summed E-state index contributed by atoms with van der Waals surface area (Å²) < 4.78 is 0. The molecule has 0 spiro atoms. The average molecular weight is 418 g/mol. The molecule has 7 nitrogen and oxygen atoms in total. The van der Waals surface area contributed by atoms with Crippen LogP contribution in [0.1, 0.15) is 17.5 Å². The molecule has 1 fully saturated rings. The zero-order valence-corrected chi connectivity index (χ0v) is 17.9. The Morgan fingerprint density at radius 3 is 2.57 bits per heavy atom. The molecule has 0 bridgehead atoms. The van der Waals surface area contributed by atoms with Gasteiger partial charge < -0.3 is 9.80 Å². The van der Waals surface area contributed by atoms with Crippen molar-refractivity contribution >= 4 is 33.2 Å². The number of nitrogens with zero attached hydrogens (tertiary/aromatic N) is 7. The van der Waals surface area contributed by atoms with Gasteiger partial charge in [0.1, 0.15) is 28.5 Å². The van der Waals surface area contributed by atoms with E-state index in [1.807, 2.05) is 18.2 Å². The molecule has 4 aromatic heterocycles. The minimum atomic E-state index is 0.693. The lowest BCUT2D eigenvalue weighted by molar-refractivity contribution is 0.642. The molecule has 30 heavy (non-hydrogen) atoms. The number of pyridine rings is 1. The number of aryl methyl sites for hydroxylation is 2. The van der Waals surface area contributed by atoms with E-state index in [1.54, 1.807) is 23.9 Å². The van der Waals surface area contributed by atoms with Gasteiger partial charge in [-0.25, -0.2) is 19.9 Å². The Hall–Kier alpha value is -3.13. The van der Waals surface area contributed by atoms with Crippen LogP contribution in [0.15, 0.2) is 42.9 Å². The zero-order valence-electron chi connectivity index (χ0n) is 17.1. The third-order valence-electron chi connectivity index (χ3n) is 5.36. The SMILES string of the molecule is CCc1cc(N2CCN(c3ncnc4sc(C)cc34)CC2)nc(-c2ccccn2)n1. The predicted octanol–water partition coefficient (Wildman–Crippen LogP) is 3.74. The van der Waals surface area contributed by atoms with Crippen molar-refractivity contribution in [3.05, 3.63) is 53.4 Å². The molecule has 1 saturated heterocycles. The fourth-order valence-electron chi connectivity index (χ4n) is 3.80. The molecule has 0 N–H and O–H groups in total. The van der Waals surface area contributed by atoms with Crippen molar-refractivity contribution in [2.24, 2.45) is 0 Å². The molecule has 0 saturated carbocycles. The molecule has 5 rings (SSSR count). The molecule has 8 heteroatoms. The second-order valence-corrected chi connectivity index (χ2v) is 8.59. The standard InChI is InChI=1S/C22H23N7S/c1-3-16-13-19(27-20(26-16)18-6-4-5-7-23-18)28-8-10-29(11-9-28)21-17-12-15(2)30-22(17)25-14-24-21/h4-7,12-14H,3,8-11H2,1-2H3. The highest BCUT2D eigenvalue weighted by Gasteiger charge is 2.22. The number of fused-ring (bicyclic) bond motifs is 1. The summed E-state index contributed by atoms with van der Waals surface area (Å²) in [4.78, 5) is 30.0. The Kier molecular flexibility index (Phi) is 5.00. The van der Waals surface area contributed by atoms with E-state index in [0.717, 1.165) is 65.8 Å². The van der Waals surface area contributed by atoms with E-state index in [-0.39, 0.29) is 0 Å². The highest BCUT2D eigenvalue weighted by molar-refractivity contribution is 7.18. The molecule has 0 radical (unpaired) electrons. The third kappa shape index (κ3) is 3.59. The van der Waals surface area contributed by atoms with Gasteiger partial charge in [0.2, 0.25) is 0 Å². The lowest BCUT2D eigenvalue weighted by atomic mass is 10.2. The lowest BCUT2D eigenvalue weighted by Gasteiger charge is -2.36. The number of thiophene rings is 1. The highest BCUT2D eigenvalue weighted by atomic mass is 32.1. The third-order valence-corrected chi connectivity index (χ3v) is 6.32. The van der Waals surface area contributed by atoms with Crippen LogP contribution >= 0.6 is 11.3 Å². The first-order chi connectivity index (χ1) is 14.7. The summed E-state index contributed by atoms with van der Waals surface area (Å²) in [5, 5.41) is 1.15. The maximum atomic E-state index is 4.84. The Labute approximate surface area is 179 Å². The summed E-state index contributed by atoms with van der Waals surface area (Å²) in [6.45, 7) is 7.80. The molecule has 1 aliphatic heterocycles. The van der Waals surface area contributed by atoms with Crippen LogP contribution in [0.2, 0.25) is 0 Å². The van der Waals surface area contributed by atoms with E-state index in [9.17, 15) is 0 Å². The summed E-state index contributed by atoms with van der Waals surface area (Å²) >= 11 is 1.72. The smallest absolute Gasteiger partial charge is 0.180 e. The normalized spacial score (nSPS) is 14.5. The van der Waals surface area contributed by atoms with Crippen LogP contribution in [-0.4, -0.2) is 51.1 Å². The lowest BCUT2D eigenvalue weighted by Crippen LogP contribution is -2.47. The Morgan fingerprint density at radius 1 is 0.967 bits per heavy atom. The average Bonchev–Trinajstić information content (AvgIpc) is 3.19. The second-order valence-electron chi connectivity index (χ2n) is 7.36. The summed E-state index contributed by atoms with van der Waals surface area (Å²) in [5.41, 5.74) is 1.85. The van der Waals surface area contributed by atoms with Gasteiger partial charge in [0.05, 0.1) is 5.39 Å². The maximum Gasteiger partial charge on any atom is 0.180 e. The molecule has 0 unspecified atom stereocenters. The largest absolute Gasteiger partial charge is 0.353 e. The van der Waals surface area contributed by atoms with Crippen LogP contribution in [-0.2, 0) is 6.42 Å². The minimum Gasteiger partial charge on any atom is -0.353 e. The topological polar surface area (TPSA) is 70.9 Å². The predicted molar refractivity (Wildman–Crippen MR) is 121 cm³/mol. The fraction of sp³-hybridized carbons (Fsp3) is 0.318. The maximum absolute atomic E-state index is 4.84. The number of aromatic nitrogens is 5. The number of hydrogen-bond donors (Lipinski definition) is 0. The molecular formula is C22H23N7S. The molecule has 152 valence electrons. The quantitative estimate of drug-likeness (QED) is 0.501. The molecule has 5 heterocycles. The van der Waals surface area contributed by atoms with Gasteiger partial charge >= 0.3 is 0 Å². The number of piperazine rings is 1. The summed E-state index contributed by atoms with van der Waals surface area (Å²) in [6.07, 6.45) is 4.33. The summed E-state index contributed by atoms with van der Waals surface area (Å²) in [5.74, 6) is 2.70. The van der Waals surface area contributed by atoms with Gasteiger partial charge in [-0.15, -0.1) is 11.3 Å². The first kappa shape index (κ1) is 18.9. The van der Waals surface area contributed by atoms with Crippen LogP contribution in [0.3, 0.4) is 0 Å². The van der Waals surface area contributed by atoms with Gasteiger partial charge in [-0.05, 0) is 31.5 Å². The van der Waals surface area contributed by atoms with E-state index in [1.165, 1.54) is 4.88 Å². The molecule has 1 aliphatic rings. The number of anilines is 2. The van der Waals surface area contributed by atoms with Crippen LogP contribution in [0.4, 0.5) is 11.6 Å². The van der Waals surface area contributed by atoms with Crippen LogP contribution in [0.5, 0.6) is 0 Å². The van der Waals surface area contributed by atoms with Gasteiger partial charge in [-0.1, -0.05) is 13.0 Å². The molecule has 4 aromatic rings. The van der Waals surface area contributed by atoms with Crippen molar-refractivity contribution in [3.8, 4) is 11.5 Å². The van der Waals surface area contributed by atoms with E-state index in [2.05, 4.69) is 55.7 Å². The molecule has 0 aliphatic carbocycles. The van der Waals surface area contributed by atoms with E-state index < -0.39 is 0 Å². The van der Waals surface area contributed by atoms with E-state index in [4.69, 9.17) is 4.98 Å². The van der Waals surface area contributed by atoms with Crippen molar-refractivity contribution in [1.82, 2.24) is 24.9 Å². The second kappa shape index (κ2) is 7.95.